The topological polar surface area (TPSA) is 46.5 Å². The van der Waals surface area contributed by atoms with Crippen molar-refractivity contribution in [3.8, 4) is 0 Å². The van der Waals surface area contributed by atoms with Crippen molar-refractivity contribution in [1.29, 1.82) is 0 Å². The van der Waals surface area contributed by atoms with E-state index >= 15 is 0 Å². The summed E-state index contributed by atoms with van der Waals surface area (Å²) in [5.41, 5.74) is 0.526. The van der Waals surface area contributed by atoms with E-state index in [4.69, 9.17) is 16.0 Å². The van der Waals surface area contributed by atoms with Crippen LogP contribution in [0.4, 0.5) is 0 Å². The molecule has 3 nitrogen and oxygen atoms in total. The first-order chi connectivity index (χ1) is 9.47. The lowest BCUT2D eigenvalue weighted by atomic mass is 10.0. The highest BCUT2D eigenvalue weighted by molar-refractivity contribution is 6.74. The number of Topliss-reactive ketones (excluding diaryl/α,β-unsaturated/α-hetero) is 1. The summed E-state index contributed by atoms with van der Waals surface area (Å²) in [6, 6.07) is 6.99. The zero-order chi connectivity index (χ0) is 16.4. The number of carbonyl (C=O) groups excluding carboxylic acids is 1. The maximum Gasteiger partial charge on any atom is 0.193 e. The number of carbonyl (C=O) groups is 1. The summed E-state index contributed by atoms with van der Waals surface area (Å²) in [6.07, 6.45) is -1.93. The molecule has 1 rings (SSSR count). The predicted octanol–water partition coefficient (Wildman–Crippen LogP) is 4.35. The Morgan fingerprint density at radius 1 is 1.29 bits per heavy atom. The first-order valence-electron chi connectivity index (χ1n) is 7.08. The van der Waals surface area contributed by atoms with Gasteiger partial charge in [0, 0.05) is 10.6 Å². The molecule has 0 unspecified atom stereocenters. The number of halogens is 1. The molecule has 118 valence electrons. The highest BCUT2D eigenvalue weighted by Crippen LogP contribution is 2.39. The van der Waals surface area contributed by atoms with Gasteiger partial charge in [-0.25, -0.2) is 0 Å². The summed E-state index contributed by atoms with van der Waals surface area (Å²) in [5.74, 6) is -0.188. The van der Waals surface area contributed by atoms with E-state index < -0.39 is 20.5 Å². The number of ketones is 1. The Hall–Kier alpha value is -0.683. The molecule has 21 heavy (non-hydrogen) atoms. The van der Waals surface area contributed by atoms with E-state index in [0.29, 0.717) is 10.6 Å². The third-order valence-corrected chi connectivity index (χ3v) is 8.94. The normalized spacial score (nSPS) is 15.6. The van der Waals surface area contributed by atoms with Crippen molar-refractivity contribution in [1.82, 2.24) is 0 Å². The van der Waals surface area contributed by atoms with Gasteiger partial charge in [-0.3, -0.25) is 4.79 Å². The van der Waals surface area contributed by atoms with Crippen LogP contribution in [-0.2, 0) is 9.22 Å². The van der Waals surface area contributed by atoms with Gasteiger partial charge in [0.15, 0.2) is 14.1 Å². The third-order valence-electron chi connectivity index (χ3n) is 4.14. The molecule has 0 aliphatic carbocycles. The summed E-state index contributed by atoms with van der Waals surface area (Å²) in [6.45, 7) is 11.8. The summed E-state index contributed by atoms with van der Waals surface area (Å²) in [5, 5.41) is 11.0. The Morgan fingerprint density at radius 2 is 1.81 bits per heavy atom. The van der Waals surface area contributed by atoms with Crippen molar-refractivity contribution in [3.63, 3.8) is 0 Å². The molecular formula is C16H25ClO3Si. The maximum absolute atomic E-state index is 12.0. The fourth-order valence-corrected chi connectivity index (χ4v) is 3.27. The smallest absolute Gasteiger partial charge is 0.193 e. The molecule has 1 aromatic carbocycles. The fourth-order valence-electron chi connectivity index (χ4n) is 1.74. The quantitative estimate of drug-likeness (QED) is 0.817. The summed E-state index contributed by atoms with van der Waals surface area (Å²) in [4.78, 5) is 12.0. The van der Waals surface area contributed by atoms with Gasteiger partial charge in [0.1, 0.15) is 12.2 Å². The first-order valence-corrected chi connectivity index (χ1v) is 10.4. The van der Waals surface area contributed by atoms with Crippen molar-refractivity contribution < 1.29 is 14.3 Å². The molecule has 0 saturated carbocycles. The molecule has 5 heteroatoms. The van der Waals surface area contributed by atoms with Crippen molar-refractivity contribution in [2.75, 3.05) is 0 Å². The van der Waals surface area contributed by atoms with Crippen LogP contribution in [0.5, 0.6) is 0 Å². The largest absolute Gasteiger partial charge is 0.404 e. The van der Waals surface area contributed by atoms with Gasteiger partial charge in [-0.1, -0.05) is 50.6 Å². The average molecular weight is 329 g/mol. The molecule has 2 atom stereocenters. The lowest BCUT2D eigenvalue weighted by Gasteiger charge is -2.39. The average Bonchev–Trinajstić information content (AvgIpc) is 2.34. The number of hydrogen-bond donors (Lipinski definition) is 1. The van der Waals surface area contributed by atoms with Crippen LogP contribution in [0.25, 0.3) is 0 Å². The van der Waals surface area contributed by atoms with Gasteiger partial charge in [-0.2, -0.15) is 0 Å². The fraction of sp³-hybridized carbons (Fsp3) is 0.562. The van der Waals surface area contributed by atoms with Crippen LogP contribution < -0.4 is 0 Å². The van der Waals surface area contributed by atoms with E-state index in [-0.39, 0.29) is 10.8 Å². The summed E-state index contributed by atoms with van der Waals surface area (Å²) < 4.78 is 6.12. The van der Waals surface area contributed by atoms with Gasteiger partial charge in [0.2, 0.25) is 0 Å². The van der Waals surface area contributed by atoms with E-state index in [9.17, 15) is 9.90 Å². The minimum absolute atomic E-state index is 0.0408. The first kappa shape index (κ1) is 18.4. The molecule has 0 heterocycles. The molecule has 0 radical (unpaired) electrons. The van der Waals surface area contributed by atoms with Crippen molar-refractivity contribution >= 4 is 25.7 Å². The molecule has 0 saturated heterocycles. The molecule has 0 amide bonds. The van der Waals surface area contributed by atoms with Crippen LogP contribution in [0.3, 0.4) is 0 Å². The lowest BCUT2D eigenvalue weighted by Crippen LogP contribution is -2.47. The van der Waals surface area contributed by atoms with Crippen molar-refractivity contribution in [2.45, 2.75) is 58.0 Å². The Kier molecular flexibility index (Phi) is 5.78. The van der Waals surface area contributed by atoms with Crippen LogP contribution in [0.1, 0.15) is 39.4 Å². The molecule has 0 aromatic heterocycles. The molecule has 0 aliphatic heterocycles. The highest BCUT2D eigenvalue weighted by atomic mass is 35.5. The van der Waals surface area contributed by atoms with Gasteiger partial charge in [-0.05, 0) is 31.1 Å². The van der Waals surface area contributed by atoms with Crippen LogP contribution in [0.15, 0.2) is 24.3 Å². The van der Waals surface area contributed by atoms with Crippen molar-refractivity contribution in [3.05, 3.63) is 34.9 Å². The standard InChI is InChI=1S/C16H25ClO3Si/c1-11(18)15(20-21(5,6)16(2,3)4)14(19)12-9-7-8-10-13(12)17/h7-10,14-15,19H,1-6H3/t14-,15-/m0/s1. The van der Waals surface area contributed by atoms with E-state index in [1.165, 1.54) is 6.92 Å². The van der Waals surface area contributed by atoms with E-state index in [1.54, 1.807) is 24.3 Å². The molecule has 0 bridgehead atoms. The maximum atomic E-state index is 12.0. The van der Waals surface area contributed by atoms with Gasteiger partial charge < -0.3 is 9.53 Å². The van der Waals surface area contributed by atoms with Gasteiger partial charge >= 0.3 is 0 Å². The molecule has 0 aliphatic rings. The molecule has 1 aromatic rings. The van der Waals surface area contributed by atoms with Crippen LogP contribution >= 0.6 is 11.6 Å². The molecular weight excluding hydrogens is 304 g/mol. The zero-order valence-electron chi connectivity index (χ0n) is 13.6. The lowest BCUT2D eigenvalue weighted by molar-refractivity contribution is -0.129. The van der Waals surface area contributed by atoms with Crippen molar-refractivity contribution in [2.24, 2.45) is 0 Å². The second-order valence-corrected chi connectivity index (χ2v) is 12.0. The number of aliphatic hydroxyl groups is 1. The Morgan fingerprint density at radius 3 is 2.24 bits per heavy atom. The molecule has 1 N–H and O–H groups in total. The highest BCUT2D eigenvalue weighted by Gasteiger charge is 2.42. The third kappa shape index (κ3) is 4.39. The van der Waals surface area contributed by atoms with Crippen LogP contribution in [-0.4, -0.2) is 25.3 Å². The minimum Gasteiger partial charge on any atom is -0.404 e. The van der Waals surface area contributed by atoms with Crippen LogP contribution in [0, 0.1) is 0 Å². The number of hydrogen-bond acceptors (Lipinski definition) is 3. The molecule has 0 fully saturated rings. The van der Waals surface area contributed by atoms with Gasteiger partial charge in [0.05, 0.1) is 0 Å². The van der Waals surface area contributed by atoms with E-state index in [2.05, 4.69) is 33.9 Å². The predicted molar refractivity (Wildman–Crippen MR) is 89.2 cm³/mol. The number of rotatable bonds is 5. The number of aliphatic hydroxyl groups excluding tert-OH is 1. The second kappa shape index (κ2) is 6.61. The summed E-state index contributed by atoms with van der Waals surface area (Å²) in [7, 11) is -2.17. The Bertz CT molecular complexity index is 508. The second-order valence-electron chi connectivity index (χ2n) is 6.88. The SMILES string of the molecule is CC(=O)[C@H](O[Si](C)(C)C(C)(C)C)[C@@H](O)c1ccccc1Cl. The number of benzene rings is 1. The van der Waals surface area contributed by atoms with Crippen LogP contribution in [0.2, 0.25) is 23.2 Å². The molecule has 0 spiro atoms. The van der Waals surface area contributed by atoms with Gasteiger partial charge in [0.25, 0.3) is 0 Å². The minimum atomic E-state index is -2.17. The van der Waals surface area contributed by atoms with E-state index in [0.717, 1.165) is 0 Å². The Labute approximate surface area is 133 Å². The summed E-state index contributed by atoms with van der Waals surface area (Å²) >= 11 is 6.11. The van der Waals surface area contributed by atoms with E-state index in [1.807, 2.05) is 0 Å². The van der Waals surface area contributed by atoms with Gasteiger partial charge in [-0.15, -0.1) is 0 Å². The Balaban J connectivity index is 3.09. The zero-order valence-corrected chi connectivity index (χ0v) is 15.4. The monoisotopic (exact) mass is 328 g/mol.